The zero-order valence-corrected chi connectivity index (χ0v) is 18.1. The van der Waals surface area contributed by atoms with E-state index in [1.54, 1.807) is 0 Å². The molecule has 0 aromatic carbocycles. The molecule has 1 aliphatic rings. The molecule has 3 nitrogen and oxygen atoms in total. The van der Waals surface area contributed by atoms with Crippen molar-refractivity contribution in [3.05, 3.63) is 25.1 Å². The average molecular weight is 380 g/mol. The molecule has 0 aliphatic carbocycles. The first kappa shape index (κ1) is 24.2. The van der Waals surface area contributed by atoms with Crippen molar-refractivity contribution in [2.45, 2.75) is 109 Å². The first-order chi connectivity index (χ1) is 13.3. The topological polar surface area (TPSA) is 32.3 Å². The van der Waals surface area contributed by atoms with Crippen molar-refractivity contribution in [3.63, 3.8) is 0 Å². The number of hydrogen-bond donors (Lipinski definition) is 2. The van der Waals surface area contributed by atoms with Gasteiger partial charge in [-0.3, -0.25) is 4.48 Å². The third kappa shape index (κ3) is 10.4. The third-order valence-corrected chi connectivity index (χ3v) is 6.27. The molecular weight excluding hydrogens is 332 g/mol. The number of aliphatic hydroxyl groups is 1. The normalized spacial score (nSPS) is 21.5. The summed E-state index contributed by atoms with van der Waals surface area (Å²) in [6, 6.07) is 0. The summed E-state index contributed by atoms with van der Waals surface area (Å²) in [6.07, 6.45) is 27.4. The first-order valence-corrected chi connectivity index (χ1v) is 11.8. The van der Waals surface area contributed by atoms with Gasteiger partial charge in [-0.15, -0.1) is 6.58 Å². The number of rotatable bonds is 19. The monoisotopic (exact) mass is 379 g/mol. The molecule has 2 atom stereocenters. The lowest BCUT2D eigenvalue weighted by molar-refractivity contribution is -0.900. The summed E-state index contributed by atoms with van der Waals surface area (Å²) in [5.74, 6) is 0. The van der Waals surface area contributed by atoms with Gasteiger partial charge in [0, 0.05) is 6.42 Å². The third-order valence-electron chi connectivity index (χ3n) is 6.27. The second-order valence-corrected chi connectivity index (χ2v) is 8.33. The van der Waals surface area contributed by atoms with Crippen molar-refractivity contribution in [2.75, 3.05) is 19.7 Å². The molecule has 2 unspecified atom stereocenters. The fourth-order valence-electron chi connectivity index (χ4n) is 4.37. The van der Waals surface area contributed by atoms with E-state index in [9.17, 15) is 5.11 Å². The molecule has 1 rings (SSSR count). The molecule has 0 saturated carbocycles. The highest BCUT2D eigenvalue weighted by Gasteiger charge is 2.35. The van der Waals surface area contributed by atoms with E-state index in [0.29, 0.717) is 6.17 Å². The highest BCUT2D eigenvalue weighted by Crippen LogP contribution is 2.23. The van der Waals surface area contributed by atoms with Crippen LogP contribution in [0.4, 0.5) is 0 Å². The van der Waals surface area contributed by atoms with Gasteiger partial charge in [0.05, 0.1) is 19.4 Å². The van der Waals surface area contributed by atoms with E-state index in [0.717, 1.165) is 17.6 Å². The van der Waals surface area contributed by atoms with Gasteiger partial charge in [0.1, 0.15) is 12.7 Å². The Balaban J connectivity index is 1.87. The quantitative estimate of drug-likeness (QED) is 0.158. The zero-order chi connectivity index (χ0) is 19.6. The van der Waals surface area contributed by atoms with E-state index in [2.05, 4.69) is 31.2 Å². The summed E-state index contributed by atoms with van der Waals surface area (Å²) in [7, 11) is 0. The van der Waals surface area contributed by atoms with Crippen LogP contribution in [0.25, 0.3) is 0 Å². The molecular formula is C24H47N2O+. The Labute approximate surface area is 169 Å². The fraction of sp³-hybridized carbons (Fsp3) is 0.833. The fourth-order valence-corrected chi connectivity index (χ4v) is 4.37. The SMILES string of the molecule is C=CCCCCCCCCCCCCCCCC1NC=C[N+]1(CC)CCO. The number of aliphatic hydroxyl groups excluding tert-OH is 1. The van der Waals surface area contributed by atoms with Gasteiger partial charge in [-0.2, -0.15) is 0 Å². The maximum absolute atomic E-state index is 9.36. The van der Waals surface area contributed by atoms with E-state index in [1.807, 2.05) is 6.08 Å². The Bertz CT molecular complexity index is 383. The van der Waals surface area contributed by atoms with Crippen molar-refractivity contribution >= 4 is 0 Å². The number of likely N-dealkylation sites (N-methyl/N-ethyl adjacent to an activating group) is 1. The average Bonchev–Trinajstić information content (AvgIpc) is 3.08. The molecule has 1 heterocycles. The van der Waals surface area contributed by atoms with Gasteiger partial charge in [0.25, 0.3) is 0 Å². The van der Waals surface area contributed by atoms with Crippen molar-refractivity contribution in [1.29, 1.82) is 0 Å². The van der Waals surface area contributed by atoms with E-state index in [-0.39, 0.29) is 6.61 Å². The molecule has 1 aliphatic heterocycles. The Hall–Kier alpha value is -0.800. The maximum Gasteiger partial charge on any atom is 0.166 e. The number of nitrogens with one attached hydrogen (secondary N) is 1. The molecule has 27 heavy (non-hydrogen) atoms. The molecule has 0 saturated heterocycles. The van der Waals surface area contributed by atoms with Crippen LogP contribution < -0.4 is 5.32 Å². The molecule has 158 valence electrons. The smallest absolute Gasteiger partial charge is 0.166 e. The van der Waals surface area contributed by atoms with Gasteiger partial charge in [0.15, 0.2) is 6.17 Å². The van der Waals surface area contributed by atoms with Crippen LogP contribution in [0.2, 0.25) is 0 Å². The molecule has 0 amide bonds. The Morgan fingerprint density at radius 1 is 0.889 bits per heavy atom. The van der Waals surface area contributed by atoms with Crippen molar-refractivity contribution in [1.82, 2.24) is 5.32 Å². The molecule has 2 N–H and O–H groups in total. The van der Waals surface area contributed by atoms with Gasteiger partial charge in [-0.25, -0.2) is 0 Å². The van der Waals surface area contributed by atoms with Crippen LogP contribution >= 0.6 is 0 Å². The largest absolute Gasteiger partial charge is 0.390 e. The second kappa shape index (κ2) is 16.2. The number of hydrogen-bond acceptors (Lipinski definition) is 2. The lowest BCUT2D eigenvalue weighted by Gasteiger charge is -2.36. The molecule has 0 fully saturated rings. The van der Waals surface area contributed by atoms with Crippen LogP contribution in [0, 0.1) is 0 Å². The lowest BCUT2D eigenvalue weighted by atomic mass is 10.0. The summed E-state index contributed by atoms with van der Waals surface area (Å²) in [4.78, 5) is 0. The van der Waals surface area contributed by atoms with E-state index in [1.165, 1.54) is 96.3 Å². The molecule has 0 aromatic rings. The second-order valence-electron chi connectivity index (χ2n) is 8.33. The van der Waals surface area contributed by atoms with Crippen LogP contribution in [0.5, 0.6) is 0 Å². The van der Waals surface area contributed by atoms with Gasteiger partial charge >= 0.3 is 0 Å². The minimum absolute atomic E-state index is 0.270. The highest BCUT2D eigenvalue weighted by atomic mass is 16.3. The van der Waals surface area contributed by atoms with Crippen molar-refractivity contribution in [2.24, 2.45) is 0 Å². The number of quaternary nitrogens is 1. The van der Waals surface area contributed by atoms with Crippen LogP contribution in [0.15, 0.2) is 25.1 Å². The first-order valence-electron chi connectivity index (χ1n) is 11.8. The van der Waals surface area contributed by atoms with Crippen molar-refractivity contribution < 1.29 is 9.59 Å². The van der Waals surface area contributed by atoms with E-state index in [4.69, 9.17) is 0 Å². The Morgan fingerprint density at radius 3 is 1.89 bits per heavy atom. The van der Waals surface area contributed by atoms with E-state index < -0.39 is 0 Å². The van der Waals surface area contributed by atoms with Gasteiger partial charge in [-0.1, -0.05) is 76.7 Å². The van der Waals surface area contributed by atoms with Crippen LogP contribution in [0.3, 0.4) is 0 Å². The standard InChI is InChI=1S/C24H47N2O/c1-3-5-6-7-8-9-10-11-12-13-14-15-16-17-18-19-24-25-20-21-26(24,4-2)22-23-27/h3,20-21,24-25,27H,1,4-19,22-23H2,2H3/q+1. The van der Waals surface area contributed by atoms with E-state index >= 15 is 0 Å². The number of nitrogens with zero attached hydrogens (tertiary/aromatic N) is 1. The Kier molecular flexibility index (Phi) is 14.5. The Morgan fingerprint density at radius 2 is 1.41 bits per heavy atom. The maximum atomic E-state index is 9.36. The van der Waals surface area contributed by atoms with Gasteiger partial charge < -0.3 is 10.4 Å². The summed E-state index contributed by atoms with van der Waals surface area (Å²) in [6.45, 7) is 8.17. The summed E-state index contributed by atoms with van der Waals surface area (Å²) in [5, 5.41) is 12.9. The molecule has 0 aromatic heterocycles. The van der Waals surface area contributed by atoms with Crippen LogP contribution in [-0.2, 0) is 0 Å². The lowest BCUT2D eigenvalue weighted by Crippen LogP contribution is -2.54. The summed E-state index contributed by atoms with van der Waals surface area (Å²) in [5.41, 5.74) is 0. The van der Waals surface area contributed by atoms with Gasteiger partial charge in [0.2, 0.25) is 0 Å². The van der Waals surface area contributed by atoms with Crippen LogP contribution in [-0.4, -0.2) is 35.5 Å². The molecule has 0 spiro atoms. The molecule has 3 heteroatoms. The highest BCUT2D eigenvalue weighted by molar-refractivity contribution is 4.84. The number of unbranched alkanes of at least 4 members (excludes halogenated alkanes) is 13. The molecule has 0 bridgehead atoms. The minimum atomic E-state index is 0.270. The summed E-state index contributed by atoms with van der Waals surface area (Å²) >= 11 is 0. The van der Waals surface area contributed by atoms with Crippen molar-refractivity contribution in [3.8, 4) is 0 Å². The van der Waals surface area contributed by atoms with Crippen LogP contribution in [0.1, 0.15) is 103 Å². The molecule has 0 radical (unpaired) electrons. The predicted molar refractivity (Wildman–Crippen MR) is 118 cm³/mol. The minimum Gasteiger partial charge on any atom is -0.390 e. The summed E-state index contributed by atoms with van der Waals surface area (Å²) < 4.78 is 0.907. The number of allylic oxidation sites excluding steroid dienone is 1. The van der Waals surface area contributed by atoms with Gasteiger partial charge in [-0.05, 0) is 26.2 Å². The predicted octanol–water partition coefficient (Wildman–Crippen LogP) is 6.25. The zero-order valence-electron chi connectivity index (χ0n) is 18.1.